The third-order valence-corrected chi connectivity index (χ3v) is 5.65. The van der Waals surface area contributed by atoms with Crippen molar-refractivity contribution in [1.82, 2.24) is 14.9 Å². The lowest BCUT2D eigenvalue weighted by Crippen LogP contribution is -2.54. The molecule has 0 saturated carbocycles. The van der Waals surface area contributed by atoms with Crippen LogP contribution in [0.15, 0.2) is 48.8 Å². The number of halogens is 2. The Labute approximate surface area is 193 Å². The Balaban J connectivity index is 0.00000171. The van der Waals surface area contributed by atoms with Crippen molar-refractivity contribution in [1.29, 1.82) is 0 Å². The lowest BCUT2D eigenvalue weighted by molar-refractivity contribution is 0.0533. The van der Waals surface area contributed by atoms with Crippen LogP contribution in [0, 0.1) is 5.41 Å². The predicted molar refractivity (Wildman–Crippen MR) is 127 cm³/mol. The molecule has 2 heterocycles. The van der Waals surface area contributed by atoms with Crippen LogP contribution in [0.2, 0.25) is 0 Å². The number of rotatable bonds is 3. The van der Waals surface area contributed by atoms with Gasteiger partial charge in [-0.3, -0.25) is 9.59 Å². The number of carbonyl (C=O) groups excluding carboxylic acids is 2. The van der Waals surface area contributed by atoms with Gasteiger partial charge in [-0.2, -0.15) is 0 Å². The summed E-state index contributed by atoms with van der Waals surface area (Å²) in [4.78, 5) is 34.6. The summed E-state index contributed by atoms with van der Waals surface area (Å²) in [6, 6.07) is 12.4. The number of fused-ring (bicyclic) bond motifs is 1. The molecule has 166 valence electrons. The molecular formula is C22H27Cl2N5O2. The number of H-pyrrole nitrogens is 1. The molecule has 9 heteroatoms. The number of carbonyl (C=O) groups is 2. The molecule has 1 aliphatic heterocycles. The molecule has 1 saturated heterocycles. The molecule has 3 aromatic rings. The van der Waals surface area contributed by atoms with Gasteiger partial charge in [-0.25, -0.2) is 4.98 Å². The highest BCUT2D eigenvalue weighted by molar-refractivity contribution is 6.06. The topological polar surface area (TPSA) is 104 Å². The standard InChI is InChI=1S/C22H25N5O2.2ClH/c1-22(2)12-27(9-8-19(22)23)21(29)15-4-3-5-16(10-15)26-20(28)14-6-7-17-18(11-14)25-13-24-17;;/h3-7,10-11,13,19H,8-9,12,23H2,1-2H3,(H,24,25)(H,26,28);2*1H. The Morgan fingerprint density at radius 3 is 2.68 bits per heavy atom. The van der Waals surface area contributed by atoms with E-state index in [9.17, 15) is 9.59 Å². The van der Waals surface area contributed by atoms with Crippen LogP contribution in [0.5, 0.6) is 0 Å². The molecule has 1 aromatic heterocycles. The molecule has 0 spiro atoms. The zero-order chi connectivity index (χ0) is 20.6. The molecule has 0 radical (unpaired) electrons. The zero-order valence-electron chi connectivity index (χ0n) is 17.4. The van der Waals surface area contributed by atoms with E-state index in [1.165, 1.54) is 0 Å². The second-order valence-corrected chi connectivity index (χ2v) is 8.28. The summed E-state index contributed by atoms with van der Waals surface area (Å²) < 4.78 is 0. The molecule has 31 heavy (non-hydrogen) atoms. The van der Waals surface area contributed by atoms with E-state index in [4.69, 9.17) is 5.73 Å². The largest absolute Gasteiger partial charge is 0.345 e. The maximum atomic E-state index is 13.0. The number of amides is 2. The first-order chi connectivity index (χ1) is 13.8. The molecule has 4 N–H and O–H groups in total. The summed E-state index contributed by atoms with van der Waals surface area (Å²) in [6.45, 7) is 5.44. The van der Waals surface area contributed by atoms with Crippen LogP contribution in [0.4, 0.5) is 5.69 Å². The number of hydrogen-bond acceptors (Lipinski definition) is 4. The first-order valence-electron chi connectivity index (χ1n) is 9.73. The fourth-order valence-corrected chi connectivity index (χ4v) is 3.74. The molecule has 7 nitrogen and oxygen atoms in total. The van der Waals surface area contributed by atoms with Gasteiger partial charge in [-0.1, -0.05) is 19.9 Å². The van der Waals surface area contributed by atoms with Gasteiger partial charge >= 0.3 is 0 Å². The zero-order valence-corrected chi connectivity index (χ0v) is 19.1. The SMILES string of the molecule is CC1(C)CN(C(=O)c2cccc(NC(=O)c3ccc4nc[nH]c4c3)c2)CCC1N.Cl.Cl. The maximum absolute atomic E-state index is 13.0. The van der Waals surface area contributed by atoms with E-state index in [-0.39, 0.29) is 48.1 Å². The summed E-state index contributed by atoms with van der Waals surface area (Å²) in [5, 5.41) is 2.87. The number of imidazole rings is 1. The quantitative estimate of drug-likeness (QED) is 0.548. The number of aromatic amines is 1. The van der Waals surface area contributed by atoms with Crippen molar-refractivity contribution < 1.29 is 9.59 Å². The van der Waals surface area contributed by atoms with E-state index in [0.717, 1.165) is 17.5 Å². The van der Waals surface area contributed by atoms with Crippen LogP contribution >= 0.6 is 24.8 Å². The van der Waals surface area contributed by atoms with Crippen LogP contribution < -0.4 is 11.1 Å². The molecular weight excluding hydrogens is 437 g/mol. The molecule has 2 aromatic carbocycles. The van der Waals surface area contributed by atoms with Crippen LogP contribution in [0.1, 0.15) is 41.0 Å². The summed E-state index contributed by atoms with van der Waals surface area (Å²) in [7, 11) is 0. The van der Waals surface area contributed by atoms with Crippen molar-refractivity contribution in [2.75, 3.05) is 18.4 Å². The summed E-state index contributed by atoms with van der Waals surface area (Å²) in [6.07, 6.45) is 2.38. The highest BCUT2D eigenvalue weighted by Gasteiger charge is 2.35. The van der Waals surface area contributed by atoms with Gasteiger partial charge in [0.05, 0.1) is 17.4 Å². The van der Waals surface area contributed by atoms with E-state index in [0.29, 0.717) is 29.9 Å². The minimum atomic E-state index is -0.240. The number of nitrogens with one attached hydrogen (secondary N) is 2. The molecule has 0 bridgehead atoms. The van der Waals surface area contributed by atoms with Crippen molar-refractivity contribution in [2.24, 2.45) is 11.1 Å². The lowest BCUT2D eigenvalue weighted by Gasteiger charge is -2.42. The highest BCUT2D eigenvalue weighted by Crippen LogP contribution is 2.29. The van der Waals surface area contributed by atoms with E-state index in [1.54, 1.807) is 48.8 Å². The van der Waals surface area contributed by atoms with E-state index >= 15 is 0 Å². The number of piperidine rings is 1. The van der Waals surface area contributed by atoms with Crippen molar-refractivity contribution in [3.63, 3.8) is 0 Å². The van der Waals surface area contributed by atoms with Crippen molar-refractivity contribution in [3.05, 3.63) is 59.9 Å². The maximum Gasteiger partial charge on any atom is 0.255 e. The van der Waals surface area contributed by atoms with Gasteiger partial charge in [0.25, 0.3) is 11.8 Å². The van der Waals surface area contributed by atoms with Gasteiger partial charge in [0.2, 0.25) is 0 Å². The molecule has 1 atom stereocenters. The molecule has 1 unspecified atom stereocenters. The molecule has 0 aliphatic carbocycles. The number of benzene rings is 2. The van der Waals surface area contributed by atoms with Gasteiger partial charge < -0.3 is 20.9 Å². The summed E-state index contributed by atoms with van der Waals surface area (Å²) in [5.74, 6) is -0.281. The highest BCUT2D eigenvalue weighted by atomic mass is 35.5. The van der Waals surface area contributed by atoms with Crippen molar-refractivity contribution in [3.8, 4) is 0 Å². The summed E-state index contributed by atoms with van der Waals surface area (Å²) in [5.41, 5.74) is 9.32. The van der Waals surface area contributed by atoms with E-state index in [2.05, 4.69) is 29.1 Å². The van der Waals surface area contributed by atoms with Gasteiger partial charge in [0.1, 0.15) is 0 Å². The Hall–Kier alpha value is -2.61. The molecule has 2 amide bonds. The fraction of sp³-hybridized carbons (Fsp3) is 0.318. The Morgan fingerprint density at radius 1 is 1.16 bits per heavy atom. The van der Waals surface area contributed by atoms with Crippen molar-refractivity contribution >= 4 is 53.3 Å². The minimum Gasteiger partial charge on any atom is -0.345 e. The number of likely N-dealkylation sites (tertiary alicyclic amines) is 1. The van der Waals surface area contributed by atoms with Crippen LogP contribution in [0.3, 0.4) is 0 Å². The van der Waals surface area contributed by atoms with E-state index in [1.807, 2.05) is 4.90 Å². The van der Waals surface area contributed by atoms with Gasteiger partial charge in [0.15, 0.2) is 0 Å². The molecule has 1 aliphatic rings. The second-order valence-electron chi connectivity index (χ2n) is 8.28. The first-order valence-corrected chi connectivity index (χ1v) is 9.73. The third kappa shape index (κ3) is 5.18. The van der Waals surface area contributed by atoms with E-state index < -0.39 is 0 Å². The second kappa shape index (κ2) is 9.68. The Kier molecular flexibility index (Phi) is 7.70. The van der Waals surface area contributed by atoms with Gasteiger partial charge in [-0.15, -0.1) is 24.8 Å². The number of aromatic nitrogens is 2. The van der Waals surface area contributed by atoms with Crippen LogP contribution in [0.25, 0.3) is 11.0 Å². The van der Waals surface area contributed by atoms with Crippen molar-refractivity contribution in [2.45, 2.75) is 26.3 Å². The number of nitrogens with two attached hydrogens (primary N) is 1. The Bertz CT molecular complexity index is 1080. The van der Waals surface area contributed by atoms with Gasteiger partial charge in [0, 0.05) is 35.9 Å². The molecule has 1 fully saturated rings. The normalized spacial score (nSPS) is 17.4. The number of hydrogen-bond donors (Lipinski definition) is 3. The Morgan fingerprint density at radius 2 is 1.94 bits per heavy atom. The lowest BCUT2D eigenvalue weighted by atomic mass is 9.79. The first kappa shape index (κ1) is 24.7. The molecule has 4 rings (SSSR count). The van der Waals surface area contributed by atoms with Crippen LogP contribution in [-0.2, 0) is 0 Å². The number of anilines is 1. The average molecular weight is 464 g/mol. The van der Waals surface area contributed by atoms with Crippen LogP contribution in [-0.4, -0.2) is 45.8 Å². The third-order valence-electron chi connectivity index (χ3n) is 5.65. The summed E-state index contributed by atoms with van der Waals surface area (Å²) >= 11 is 0. The predicted octanol–water partition coefficient (Wildman–Crippen LogP) is 3.86. The monoisotopic (exact) mass is 463 g/mol. The van der Waals surface area contributed by atoms with Gasteiger partial charge in [-0.05, 0) is 48.2 Å². The minimum absolute atomic E-state index is 0. The smallest absolute Gasteiger partial charge is 0.255 e. The number of nitrogens with zero attached hydrogens (tertiary/aromatic N) is 2. The fourth-order valence-electron chi connectivity index (χ4n) is 3.74. The average Bonchev–Trinajstić information content (AvgIpc) is 3.17.